The number of alkyl carbamates (subject to hydrolysis) is 1. The molecule has 0 aliphatic rings. The van der Waals surface area contributed by atoms with Gasteiger partial charge in [0.05, 0.1) is 0 Å². The highest BCUT2D eigenvalue weighted by atomic mass is 32.2. The lowest BCUT2D eigenvalue weighted by molar-refractivity contribution is -0.108. The topological polar surface area (TPSA) is 55.4 Å². The maximum absolute atomic E-state index is 11.6. The normalized spacial score (nSPS) is 12.4. The van der Waals surface area contributed by atoms with Crippen molar-refractivity contribution in [3.8, 4) is 0 Å². The highest BCUT2D eigenvalue weighted by Gasteiger charge is 2.20. The van der Waals surface area contributed by atoms with Crippen molar-refractivity contribution in [1.29, 1.82) is 0 Å². The number of aldehydes is 1. The smallest absolute Gasteiger partial charge is 0.408 e. The molecule has 0 aromatic heterocycles. The van der Waals surface area contributed by atoms with E-state index in [1.165, 1.54) is 11.8 Å². The zero-order valence-electron chi connectivity index (χ0n) is 11.9. The molecular weight excluding hydrogens is 262 g/mol. The molecule has 1 N–H and O–H groups in total. The Morgan fingerprint density at radius 2 is 2.11 bits per heavy atom. The first-order valence-electron chi connectivity index (χ1n) is 6.17. The Balaban J connectivity index is 4.18. The van der Waals surface area contributed by atoms with Crippen molar-refractivity contribution < 1.29 is 14.3 Å². The predicted molar refractivity (Wildman–Crippen MR) is 80.3 cm³/mol. The van der Waals surface area contributed by atoms with E-state index in [0.717, 1.165) is 18.6 Å². The van der Waals surface area contributed by atoms with E-state index < -0.39 is 17.7 Å². The third-order valence-electron chi connectivity index (χ3n) is 2.00. The molecule has 19 heavy (non-hydrogen) atoms. The molecule has 1 atom stereocenters. The molecule has 0 saturated heterocycles. The van der Waals surface area contributed by atoms with Crippen molar-refractivity contribution >= 4 is 24.1 Å². The summed E-state index contributed by atoms with van der Waals surface area (Å²) >= 11 is 1.47. The third-order valence-corrected chi connectivity index (χ3v) is 3.11. The van der Waals surface area contributed by atoms with E-state index in [9.17, 15) is 9.59 Å². The number of rotatable bonds is 8. The zero-order chi connectivity index (χ0) is 14.9. The predicted octanol–water partition coefficient (Wildman–Crippen LogP) is 3.29. The van der Waals surface area contributed by atoms with Gasteiger partial charge < -0.3 is 14.8 Å². The van der Waals surface area contributed by atoms with Gasteiger partial charge in [0.1, 0.15) is 17.9 Å². The Kier molecular flexibility index (Phi) is 8.23. The Hall–Kier alpha value is -1.23. The minimum absolute atomic E-state index is 0.587. The summed E-state index contributed by atoms with van der Waals surface area (Å²) in [5.74, 6) is 0.838. The molecule has 0 spiro atoms. The van der Waals surface area contributed by atoms with Crippen LogP contribution in [0.1, 0.15) is 33.6 Å². The van der Waals surface area contributed by atoms with Crippen LogP contribution < -0.4 is 5.32 Å². The molecule has 0 aromatic rings. The number of ether oxygens (including phenoxy) is 1. The number of amides is 1. The van der Waals surface area contributed by atoms with Crippen LogP contribution in [0.15, 0.2) is 24.1 Å². The molecule has 5 heteroatoms. The average Bonchev–Trinajstić information content (AvgIpc) is 2.29. The van der Waals surface area contributed by atoms with E-state index in [0.29, 0.717) is 11.2 Å². The molecular formula is C14H23NO3S. The molecule has 0 bridgehead atoms. The molecule has 108 valence electrons. The lowest BCUT2D eigenvalue weighted by atomic mass is 10.2. The van der Waals surface area contributed by atoms with Gasteiger partial charge in [-0.1, -0.05) is 12.7 Å². The summed E-state index contributed by atoms with van der Waals surface area (Å²) in [6.07, 6.45) is 3.78. The number of allylic oxidation sites excluding steroid dienone is 1. The first-order valence-corrected chi connectivity index (χ1v) is 7.16. The van der Waals surface area contributed by atoms with Gasteiger partial charge in [0, 0.05) is 4.91 Å². The monoisotopic (exact) mass is 285 g/mol. The number of thioether (sulfide) groups is 1. The second-order valence-corrected chi connectivity index (χ2v) is 6.23. The van der Waals surface area contributed by atoms with Crippen LogP contribution in [-0.2, 0) is 9.53 Å². The van der Waals surface area contributed by atoms with Gasteiger partial charge in [0.2, 0.25) is 0 Å². The van der Waals surface area contributed by atoms with Gasteiger partial charge in [-0.15, -0.1) is 18.3 Å². The van der Waals surface area contributed by atoms with Crippen LogP contribution in [0.25, 0.3) is 0 Å². The van der Waals surface area contributed by atoms with Gasteiger partial charge in [-0.3, -0.25) is 0 Å². The largest absolute Gasteiger partial charge is 0.444 e. The summed E-state index contributed by atoms with van der Waals surface area (Å²) in [6.45, 7) is 12.7. The van der Waals surface area contributed by atoms with Crippen molar-refractivity contribution in [1.82, 2.24) is 5.32 Å². The van der Waals surface area contributed by atoms with Crippen molar-refractivity contribution in [3.05, 3.63) is 24.1 Å². The minimum Gasteiger partial charge on any atom is -0.444 e. The van der Waals surface area contributed by atoms with E-state index in [-0.39, 0.29) is 0 Å². The van der Waals surface area contributed by atoms with Crippen LogP contribution in [-0.4, -0.2) is 29.8 Å². The molecule has 0 aliphatic carbocycles. The van der Waals surface area contributed by atoms with Gasteiger partial charge in [0.25, 0.3) is 0 Å². The second-order valence-electron chi connectivity index (χ2n) is 5.01. The minimum atomic E-state index is -0.719. The number of carbonyl (C=O) groups is 2. The second kappa shape index (κ2) is 8.80. The number of nitrogens with one attached hydrogen (secondary N) is 1. The van der Waals surface area contributed by atoms with Gasteiger partial charge in [-0.25, -0.2) is 4.79 Å². The highest BCUT2D eigenvalue weighted by molar-refractivity contribution is 8.03. The Morgan fingerprint density at radius 3 is 2.58 bits per heavy atom. The zero-order valence-corrected chi connectivity index (χ0v) is 12.7. The van der Waals surface area contributed by atoms with Crippen LogP contribution in [0.3, 0.4) is 0 Å². The van der Waals surface area contributed by atoms with Crippen molar-refractivity contribution in [2.24, 2.45) is 0 Å². The van der Waals surface area contributed by atoms with Gasteiger partial charge in [-0.05, 0) is 39.4 Å². The van der Waals surface area contributed by atoms with E-state index in [1.807, 2.05) is 6.08 Å². The number of carbonyl (C=O) groups excluding carboxylic acids is 2. The van der Waals surface area contributed by atoms with Gasteiger partial charge in [-0.2, -0.15) is 0 Å². The molecule has 0 heterocycles. The summed E-state index contributed by atoms with van der Waals surface area (Å²) in [7, 11) is 0. The van der Waals surface area contributed by atoms with Crippen molar-refractivity contribution in [2.75, 3.05) is 5.75 Å². The van der Waals surface area contributed by atoms with Crippen LogP contribution in [0.5, 0.6) is 0 Å². The first-order chi connectivity index (χ1) is 8.80. The molecule has 4 nitrogen and oxygen atoms in total. The maximum Gasteiger partial charge on any atom is 0.408 e. The summed E-state index contributed by atoms with van der Waals surface area (Å²) in [6, 6.07) is -0.719. The van der Waals surface area contributed by atoms with Gasteiger partial charge in [0.15, 0.2) is 0 Å². The Labute approximate surface area is 119 Å². The maximum atomic E-state index is 11.6. The standard InChI is InChI=1S/C14H23NO3S/c1-6-7-8-9-19-11(2)12(10-16)15-13(17)18-14(3,4)5/h6,10,12H,1-2,7-9H2,3-5H3,(H,15,17). The lowest BCUT2D eigenvalue weighted by Crippen LogP contribution is -2.40. The highest BCUT2D eigenvalue weighted by Crippen LogP contribution is 2.18. The van der Waals surface area contributed by atoms with E-state index >= 15 is 0 Å². The molecule has 0 fully saturated rings. The van der Waals surface area contributed by atoms with E-state index in [1.54, 1.807) is 20.8 Å². The molecule has 0 rings (SSSR count). The fourth-order valence-corrected chi connectivity index (χ4v) is 2.01. The van der Waals surface area contributed by atoms with Crippen LogP contribution >= 0.6 is 11.8 Å². The van der Waals surface area contributed by atoms with Crippen LogP contribution in [0.4, 0.5) is 4.79 Å². The summed E-state index contributed by atoms with van der Waals surface area (Å²) in [5.41, 5.74) is -0.587. The van der Waals surface area contributed by atoms with Crippen molar-refractivity contribution in [2.45, 2.75) is 45.3 Å². The summed E-state index contributed by atoms with van der Waals surface area (Å²) in [4.78, 5) is 23.1. The first kappa shape index (κ1) is 17.8. The number of hydrogen-bond donors (Lipinski definition) is 1. The fraction of sp³-hybridized carbons (Fsp3) is 0.571. The SMILES string of the molecule is C=CCCCSC(=C)C(C=O)NC(=O)OC(C)(C)C. The van der Waals surface area contributed by atoms with Crippen LogP contribution in [0, 0.1) is 0 Å². The molecule has 1 unspecified atom stereocenters. The number of unbranched alkanes of at least 4 members (excludes halogenated alkanes) is 1. The molecule has 0 aliphatic heterocycles. The Bertz CT molecular complexity index is 334. The molecule has 1 amide bonds. The lowest BCUT2D eigenvalue weighted by Gasteiger charge is -2.22. The third kappa shape index (κ3) is 9.36. The van der Waals surface area contributed by atoms with Crippen LogP contribution in [0.2, 0.25) is 0 Å². The fourth-order valence-electron chi connectivity index (χ4n) is 1.15. The van der Waals surface area contributed by atoms with E-state index in [2.05, 4.69) is 18.5 Å². The molecule has 0 saturated carbocycles. The van der Waals surface area contributed by atoms with Crippen molar-refractivity contribution in [3.63, 3.8) is 0 Å². The number of hydrogen-bond acceptors (Lipinski definition) is 4. The summed E-state index contributed by atoms with van der Waals surface area (Å²) < 4.78 is 5.09. The molecule has 0 aromatic carbocycles. The quantitative estimate of drug-likeness (QED) is 0.422. The Morgan fingerprint density at radius 1 is 1.47 bits per heavy atom. The summed E-state index contributed by atoms with van der Waals surface area (Å²) in [5, 5.41) is 2.49. The van der Waals surface area contributed by atoms with Gasteiger partial charge >= 0.3 is 6.09 Å². The molecule has 0 radical (unpaired) electrons. The average molecular weight is 285 g/mol. The van der Waals surface area contributed by atoms with E-state index in [4.69, 9.17) is 4.74 Å².